The lowest BCUT2D eigenvalue weighted by atomic mass is 10.0. The number of benzene rings is 1. The van der Waals surface area contributed by atoms with E-state index in [1.54, 1.807) is 7.11 Å². The number of hydrogen-bond acceptors (Lipinski definition) is 2. The summed E-state index contributed by atoms with van der Waals surface area (Å²) in [4.78, 5) is 0. The van der Waals surface area contributed by atoms with Crippen LogP contribution in [0.25, 0.3) is 0 Å². The van der Waals surface area contributed by atoms with Crippen molar-refractivity contribution in [3.05, 3.63) is 35.1 Å². The highest BCUT2D eigenvalue weighted by Gasteiger charge is 2.10. The lowest BCUT2D eigenvalue weighted by Gasteiger charge is -2.06. The molecule has 0 spiro atoms. The Hall–Kier alpha value is -0.680. The molecular weight excluding hydrogens is 369 g/mol. The van der Waals surface area contributed by atoms with Crippen LogP contribution in [0.3, 0.4) is 0 Å². The summed E-state index contributed by atoms with van der Waals surface area (Å²) in [5.41, 5.74) is 0.0218. The average Bonchev–Trinajstić information content (AvgIpc) is 2.63. The van der Waals surface area contributed by atoms with Gasteiger partial charge < -0.3 is 4.74 Å². The largest absolute Gasteiger partial charge is 0.384 e. The standard InChI is InChI=1S/C22H35F3OS/c1-26-14-16-27-15-12-10-8-6-4-2-3-5-7-9-11-13-20-21(24)17-19(23)18-22(20)25/h17-18H,2-16H2,1H3. The number of methoxy groups -OCH3 is 1. The van der Waals surface area contributed by atoms with Gasteiger partial charge in [0.05, 0.1) is 6.61 Å². The Morgan fingerprint density at radius 3 is 1.70 bits per heavy atom. The second-order valence-electron chi connectivity index (χ2n) is 7.09. The van der Waals surface area contributed by atoms with Gasteiger partial charge >= 0.3 is 0 Å². The van der Waals surface area contributed by atoms with E-state index >= 15 is 0 Å². The molecule has 0 atom stereocenters. The van der Waals surface area contributed by atoms with E-state index in [0.29, 0.717) is 6.42 Å². The Kier molecular flexibility index (Phi) is 14.7. The molecule has 0 aliphatic rings. The number of halogens is 3. The van der Waals surface area contributed by atoms with Crippen LogP contribution in [-0.4, -0.2) is 25.2 Å². The van der Waals surface area contributed by atoms with E-state index in [9.17, 15) is 13.2 Å². The van der Waals surface area contributed by atoms with Crippen LogP contribution in [0.2, 0.25) is 0 Å². The molecular formula is C22H35F3OS. The van der Waals surface area contributed by atoms with Crippen LogP contribution in [0.5, 0.6) is 0 Å². The van der Waals surface area contributed by atoms with Crippen molar-refractivity contribution in [1.82, 2.24) is 0 Å². The van der Waals surface area contributed by atoms with Gasteiger partial charge in [0, 0.05) is 30.6 Å². The first-order valence-corrected chi connectivity index (χ1v) is 11.5. The maximum Gasteiger partial charge on any atom is 0.132 e. The molecule has 0 aromatic heterocycles. The van der Waals surface area contributed by atoms with Gasteiger partial charge in [0.25, 0.3) is 0 Å². The zero-order valence-corrected chi connectivity index (χ0v) is 17.5. The van der Waals surface area contributed by atoms with Crippen molar-refractivity contribution in [3.63, 3.8) is 0 Å². The van der Waals surface area contributed by atoms with E-state index in [4.69, 9.17) is 4.74 Å². The molecule has 0 saturated heterocycles. The van der Waals surface area contributed by atoms with Crippen LogP contribution in [0.4, 0.5) is 13.2 Å². The molecule has 1 rings (SSSR count). The van der Waals surface area contributed by atoms with E-state index in [0.717, 1.165) is 43.8 Å². The third kappa shape index (κ3) is 12.4. The van der Waals surface area contributed by atoms with Gasteiger partial charge in [-0.1, -0.05) is 57.8 Å². The molecule has 0 aliphatic carbocycles. The molecule has 1 aromatic rings. The van der Waals surface area contributed by atoms with Crippen molar-refractivity contribution < 1.29 is 17.9 Å². The van der Waals surface area contributed by atoms with Crippen LogP contribution in [-0.2, 0) is 11.2 Å². The molecule has 0 heterocycles. The number of unbranched alkanes of at least 4 members (excludes halogenated alkanes) is 10. The summed E-state index contributed by atoms with van der Waals surface area (Å²) < 4.78 is 44.9. The Morgan fingerprint density at radius 1 is 0.704 bits per heavy atom. The Bertz CT molecular complexity index is 473. The molecule has 1 nitrogen and oxygen atoms in total. The quantitative estimate of drug-likeness (QED) is 0.252. The minimum Gasteiger partial charge on any atom is -0.384 e. The van der Waals surface area contributed by atoms with Crippen LogP contribution >= 0.6 is 11.8 Å². The van der Waals surface area contributed by atoms with Gasteiger partial charge in [0.1, 0.15) is 17.5 Å². The molecule has 0 aliphatic heterocycles. The van der Waals surface area contributed by atoms with Crippen molar-refractivity contribution in [3.8, 4) is 0 Å². The molecule has 0 radical (unpaired) electrons. The SMILES string of the molecule is COCCSCCCCCCCCCCCCCc1c(F)cc(F)cc1F. The van der Waals surface area contributed by atoms with Gasteiger partial charge in [-0.3, -0.25) is 0 Å². The highest BCUT2D eigenvalue weighted by molar-refractivity contribution is 7.99. The Labute approximate surface area is 167 Å². The maximum atomic E-state index is 13.5. The van der Waals surface area contributed by atoms with Gasteiger partial charge in [0.2, 0.25) is 0 Å². The van der Waals surface area contributed by atoms with Crippen molar-refractivity contribution in [2.24, 2.45) is 0 Å². The average molecular weight is 405 g/mol. The molecule has 27 heavy (non-hydrogen) atoms. The first-order valence-electron chi connectivity index (χ1n) is 10.3. The predicted molar refractivity (Wildman–Crippen MR) is 110 cm³/mol. The zero-order chi connectivity index (χ0) is 19.7. The zero-order valence-electron chi connectivity index (χ0n) is 16.7. The van der Waals surface area contributed by atoms with Crippen LogP contribution in [0, 0.1) is 17.5 Å². The van der Waals surface area contributed by atoms with Gasteiger partial charge in [0.15, 0.2) is 0 Å². The van der Waals surface area contributed by atoms with Gasteiger partial charge in [-0.2, -0.15) is 11.8 Å². The van der Waals surface area contributed by atoms with E-state index in [1.165, 1.54) is 57.1 Å². The van der Waals surface area contributed by atoms with Crippen LogP contribution in [0.1, 0.15) is 76.2 Å². The first kappa shape index (κ1) is 24.4. The molecule has 1 aromatic carbocycles. The highest BCUT2D eigenvalue weighted by Crippen LogP contribution is 2.18. The smallest absolute Gasteiger partial charge is 0.132 e. The summed E-state index contributed by atoms with van der Waals surface area (Å²) in [5, 5.41) is 0. The number of thioether (sulfide) groups is 1. The fourth-order valence-electron chi connectivity index (χ4n) is 3.15. The lowest BCUT2D eigenvalue weighted by Crippen LogP contribution is -1.97. The monoisotopic (exact) mass is 404 g/mol. The summed E-state index contributed by atoms with van der Waals surface area (Å²) in [5.74, 6) is -0.0313. The summed E-state index contributed by atoms with van der Waals surface area (Å²) >= 11 is 1.98. The molecule has 5 heteroatoms. The Morgan fingerprint density at radius 2 is 1.19 bits per heavy atom. The topological polar surface area (TPSA) is 9.23 Å². The van der Waals surface area contributed by atoms with Crippen molar-refractivity contribution in [2.45, 2.75) is 77.0 Å². The first-order chi connectivity index (χ1) is 13.1. The number of hydrogen-bond donors (Lipinski definition) is 0. The summed E-state index contributed by atoms with van der Waals surface area (Å²) in [6.45, 7) is 0.852. The number of rotatable bonds is 17. The fraction of sp³-hybridized carbons (Fsp3) is 0.727. The second kappa shape index (κ2) is 16.3. The molecule has 0 N–H and O–H groups in total. The molecule has 0 fully saturated rings. The third-order valence-electron chi connectivity index (χ3n) is 4.75. The number of ether oxygens (including phenoxy) is 1. The predicted octanol–water partition coefficient (Wildman–Crippen LogP) is 7.32. The third-order valence-corrected chi connectivity index (χ3v) is 5.79. The molecule has 0 saturated carbocycles. The molecule has 0 unspecified atom stereocenters. The molecule has 0 bridgehead atoms. The van der Waals surface area contributed by atoms with Crippen LogP contribution < -0.4 is 0 Å². The summed E-state index contributed by atoms with van der Waals surface area (Å²) in [6.07, 6.45) is 13.5. The van der Waals surface area contributed by atoms with Crippen molar-refractivity contribution >= 4 is 11.8 Å². The van der Waals surface area contributed by atoms with Gasteiger partial charge in [-0.05, 0) is 25.0 Å². The van der Waals surface area contributed by atoms with Gasteiger partial charge in [-0.15, -0.1) is 0 Å². The second-order valence-corrected chi connectivity index (χ2v) is 8.32. The van der Waals surface area contributed by atoms with E-state index in [1.807, 2.05) is 11.8 Å². The maximum absolute atomic E-state index is 13.5. The van der Waals surface area contributed by atoms with E-state index < -0.39 is 17.5 Å². The molecule has 156 valence electrons. The van der Waals surface area contributed by atoms with Gasteiger partial charge in [-0.25, -0.2) is 13.2 Å². The minimum atomic E-state index is -0.852. The summed E-state index contributed by atoms with van der Waals surface area (Å²) in [7, 11) is 1.75. The van der Waals surface area contributed by atoms with Crippen LogP contribution in [0.15, 0.2) is 12.1 Å². The van der Waals surface area contributed by atoms with E-state index in [-0.39, 0.29) is 5.56 Å². The lowest BCUT2D eigenvalue weighted by molar-refractivity contribution is 0.218. The van der Waals surface area contributed by atoms with Crippen molar-refractivity contribution in [2.75, 3.05) is 25.2 Å². The fourth-order valence-corrected chi connectivity index (χ4v) is 4.05. The van der Waals surface area contributed by atoms with Crippen molar-refractivity contribution in [1.29, 1.82) is 0 Å². The summed E-state index contributed by atoms with van der Waals surface area (Å²) in [6, 6.07) is 1.53. The Balaban J connectivity index is 1.86. The normalized spacial score (nSPS) is 11.3. The minimum absolute atomic E-state index is 0.0218. The van der Waals surface area contributed by atoms with E-state index in [2.05, 4.69) is 0 Å². The molecule has 0 amide bonds. The highest BCUT2D eigenvalue weighted by atomic mass is 32.2.